The maximum absolute atomic E-state index is 12.3. The largest absolute Gasteiger partial charge is 0.462 e. The van der Waals surface area contributed by atoms with E-state index in [1.807, 2.05) is 0 Å². The second kappa shape index (κ2) is 57.7. The molecule has 0 aromatic rings. The van der Waals surface area contributed by atoms with Crippen molar-refractivity contribution in [1.82, 2.24) is 0 Å². The molecule has 0 radical (unpaired) electrons. The molecule has 0 saturated carbocycles. The molecule has 1 N–H and O–H groups in total. The average molecular weight is 936 g/mol. The lowest BCUT2D eigenvalue weighted by Crippen LogP contribution is -2.28. The van der Waals surface area contributed by atoms with E-state index in [2.05, 4.69) is 86.8 Å². The molecule has 1 unspecified atom stereocenters. The first kappa shape index (κ1) is 64.3. The van der Waals surface area contributed by atoms with Crippen molar-refractivity contribution < 1.29 is 24.2 Å². The molecule has 0 heterocycles. The summed E-state index contributed by atoms with van der Waals surface area (Å²) in [6, 6.07) is 0. The van der Waals surface area contributed by atoms with Crippen molar-refractivity contribution in [2.24, 2.45) is 0 Å². The maximum atomic E-state index is 12.3. The van der Waals surface area contributed by atoms with E-state index in [-0.39, 0.29) is 25.2 Å². The molecule has 0 bridgehead atoms. The lowest BCUT2D eigenvalue weighted by atomic mass is 10.0. The average Bonchev–Trinajstić information content (AvgIpc) is 3.33. The molecule has 67 heavy (non-hydrogen) atoms. The molecule has 0 saturated heterocycles. The van der Waals surface area contributed by atoms with E-state index in [0.717, 1.165) is 89.9 Å². The monoisotopic (exact) mass is 935 g/mol. The van der Waals surface area contributed by atoms with Gasteiger partial charge in [0.15, 0.2) is 6.10 Å². The molecule has 5 heteroatoms. The van der Waals surface area contributed by atoms with Crippen LogP contribution < -0.4 is 0 Å². The lowest BCUT2D eigenvalue weighted by Gasteiger charge is -2.15. The van der Waals surface area contributed by atoms with Crippen LogP contribution in [0, 0.1) is 0 Å². The molecule has 5 nitrogen and oxygen atoms in total. The molecule has 1 atom stereocenters. The Balaban J connectivity index is 3.49. The van der Waals surface area contributed by atoms with Crippen molar-refractivity contribution >= 4 is 11.9 Å². The number of carbonyl (C=O) groups is 2. The summed E-state index contributed by atoms with van der Waals surface area (Å²) in [6.45, 7) is 4.04. The molecular weight excluding hydrogens is 825 g/mol. The van der Waals surface area contributed by atoms with E-state index < -0.39 is 6.10 Å². The van der Waals surface area contributed by atoms with E-state index >= 15 is 0 Å². The number of aliphatic hydroxyl groups excluding tert-OH is 1. The number of ether oxygens (including phenoxy) is 2. The van der Waals surface area contributed by atoms with Gasteiger partial charge in [-0.2, -0.15) is 0 Å². The molecule has 0 aliphatic carbocycles. The Morgan fingerprint density at radius 3 is 0.970 bits per heavy atom. The first-order valence-electron chi connectivity index (χ1n) is 29.0. The fraction of sp³-hybridized carbons (Fsp3) is 0.774. The summed E-state index contributed by atoms with van der Waals surface area (Å²) in [7, 11) is 0. The molecule has 0 fully saturated rings. The normalized spacial score (nSPS) is 12.7. The summed E-state index contributed by atoms with van der Waals surface area (Å²) in [5, 5.41) is 9.65. The SMILES string of the molecule is CC/C=C\C/C=C\C/C=C\C/C=C\C/C=C\C/C=C\CCCCCCC(=O)OC(CO)COC(=O)CCCCCCCCCCCCCCCCCCCCCCCCCCCCCCCC. The standard InChI is InChI=1S/C62H110O5/c1-3-5-7-9-11-13-15-17-19-21-23-25-27-28-29-30-31-32-33-35-36-38-40-42-44-46-48-50-52-54-56-61(64)66-59-60(58-63)67-62(65)57-55-53-51-49-47-45-43-41-39-37-34-26-24-22-20-18-16-14-12-10-8-6-4-2/h6,8,12,14,18,20,24,26,37,39,43,45,60,63H,3-5,7,9-11,13,15-17,19,21-23,25,27-36,38,40-42,44,46-59H2,1-2H3/b8-6-,14-12-,20-18-,26-24-,39-37-,45-43-. The van der Waals surface area contributed by atoms with Gasteiger partial charge in [-0.05, 0) is 64.2 Å². The van der Waals surface area contributed by atoms with Gasteiger partial charge in [0.2, 0.25) is 0 Å². The number of hydrogen-bond acceptors (Lipinski definition) is 5. The third kappa shape index (κ3) is 55.8. The Hall–Kier alpha value is -2.66. The van der Waals surface area contributed by atoms with Crippen LogP contribution in [0.5, 0.6) is 0 Å². The smallest absolute Gasteiger partial charge is 0.306 e. The molecule has 0 aliphatic heterocycles. The molecule has 0 aromatic carbocycles. The zero-order chi connectivity index (χ0) is 48.5. The summed E-state index contributed by atoms with van der Waals surface area (Å²) in [4.78, 5) is 24.5. The first-order valence-corrected chi connectivity index (χ1v) is 29.0. The highest BCUT2D eigenvalue weighted by Gasteiger charge is 2.16. The van der Waals surface area contributed by atoms with Crippen LogP contribution in [-0.2, 0) is 19.1 Å². The minimum Gasteiger partial charge on any atom is -0.462 e. The Morgan fingerprint density at radius 2 is 0.642 bits per heavy atom. The number of aliphatic hydroxyl groups is 1. The molecular formula is C62H110O5. The van der Waals surface area contributed by atoms with Crippen molar-refractivity contribution in [3.8, 4) is 0 Å². The zero-order valence-corrected chi connectivity index (χ0v) is 44.4. The predicted octanol–water partition coefficient (Wildman–Crippen LogP) is 19.6. The quantitative estimate of drug-likeness (QED) is 0.0374. The molecule has 0 rings (SSSR count). The van der Waals surface area contributed by atoms with Crippen LogP contribution in [0.4, 0.5) is 0 Å². The number of rotatable bonds is 53. The molecule has 0 spiro atoms. The van der Waals surface area contributed by atoms with Gasteiger partial charge >= 0.3 is 11.9 Å². The highest BCUT2D eigenvalue weighted by molar-refractivity contribution is 5.70. The van der Waals surface area contributed by atoms with Crippen LogP contribution in [0.3, 0.4) is 0 Å². The van der Waals surface area contributed by atoms with Crippen LogP contribution in [0.1, 0.15) is 290 Å². The number of carbonyl (C=O) groups excluding carboxylic acids is 2. The van der Waals surface area contributed by atoms with Crippen LogP contribution in [-0.4, -0.2) is 36.4 Å². The summed E-state index contributed by atoms with van der Waals surface area (Å²) in [5.41, 5.74) is 0. The van der Waals surface area contributed by atoms with E-state index in [0.29, 0.717) is 12.8 Å². The maximum Gasteiger partial charge on any atom is 0.306 e. The highest BCUT2D eigenvalue weighted by Crippen LogP contribution is 2.17. The van der Waals surface area contributed by atoms with Gasteiger partial charge in [-0.15, -0.1) is 0 Å². The Kier molecular flexibility index (Phi) is 55.4. The summed E-state index contributed by atoms with van der Waals surface area (Å²) < 4.78 is 10.7. The number of unbranched alkanes of at least 4 members (excludes halogenated alkanes) is 33. The molecule has 388 valence electrons. The third-order valence-corrected chi connectivity index (χ3v) is 12.8. The van der Waals surface area contributed by atoms with Gasteiger partial charge < -0.3 is 14.6 Å². The molecule has 0 aromatic heterocycles. The van der Waals surface area contributed by atoms with Crippen LogP contribution in [0.25, 0.3) is 0 Å². The number of allylic oxidation sites excluding steroid dienone is 12. The highest BCUT2D eigenvalue weighted by atomic mass is 16.6. The topological polar surface area (TPSA) is 72.8 Å². The van der Waals surface area contributed by atoms with Crippen molar-refractivity contribution in [2.45, 2.75) is 296 Å². The van der Waals surface area contributed by atoms with Crippen molar-refractivity contribution in [2.75, 3.05) is 13.2 Å². The third-order valence-electron chi connectivity index (χ3n) is 12.8. The minimum atomic E-state index is -0.789. The Labute approximate surface area is 416 Å². The molecule has 0 amide bonds. The minimum absolute atomic E-state index is 0.0768. The van der Waals surface area contributed by atoms with Crippen LogP contribution >= 0.6 is 0 Å². The van der Waals surface area contributed by atoms with Crippen molar-refractivity contribution in [1.29, 1.82) is 0 Å². The predicted molar refractivity (Wildman–Crippen MR) is 293 cm³/mol. The Bertz CT molecular complexity index is 1190. The first-order chi connectivity index (χ1) is 33.1. The van der Waals surface area contributed by atoms with Crippen LogP contribution in [0.2, 0.25) is 0 Å². The summed E-state index contributed by atoms with van der Waals surface area (Å²) in [5.74, 6) is -0.611. The fourth-order valence-electron chi connectivity index (χ4n) is 8.44. The van der Waals surface area contributed by atoms with Gasteiger partial charge in [-0.1, -0.05) is 286 Å². The second-order valence-electron chi connectivity index (χ2n) is 19.3. The number of esters is 2. The van der Waals surface area contributed by atoms with Gasteiger partial charge in [0.05, 0.1) is 6.61 Å². The zero-order valence-electron chi connectivity index (χ0n) is 44.4. The van der Waals surface area contributed by atoms with Gasteiger partial charge in [0.25, 0.3) is 0 Å². The van der Waals surface area contributed by atoms with Gasteiger partial charge in [0.1, 0.15) is 6.61 Å². The van der Waals surface area contributed by atoms with Crippen molar-refractivity contribution in [3.63, 3.8) is 0 Å². The molecule has 0 aliphatic rings. The number of hydrogen-bond donors (Lipinski definition) is 1. The van der Waals surface area contributed by atoms with Crippen LogP contribution in [0.15, 0.2) is 72.9 Å². The van der Waals surface area contributed by atoms with E-state index in [4.69, 9.17) is 9.47 Å². The second-order valence-corrected chi connectivity index (χ2v) is 19.3. The fourth-order valence-corrected chi connectivity index (χ4v) is 8.44. The Morgan fingerprint density at radius 1 is 0.358 bits per heavy atom. The van der Waals surface area contributed by atoms with E-state index in [1.165, 1.54) is 173 Å². The van der Waals surface area contributed by atoms with E-state index in [1.54, 1.807) is 0 Å². The van der Waals surface area contributed by atoms with Crippen molar-refractivity contribution in [3.05, 3.63) is 72.9 Å². The van der Waals surface area contributed by atoms with Gasteiger partial charge in [0, 0.05) is 12.8 Å². The van der Waals surface area contributed by atoms with E-state index in [9.17, 15) is 14.7 Å². The summed E-state index contributed by atoms with van der Waals surface area (Å²) in [6.07, 6.45) is 78.9. The lowest BCUT2D eigenvalue weighted by molar-refractivity contribution is -0.161. The van der Waals surface area contributed by atoms with Gasteiger partial charge in [-0.25, -0.2) is 0 Å². The van der Waals surface area contributed by atoms with Gasteiger partial charge in [-0.3, -0.25) is 9.59 Å². The summed E-state index contributed by atoms with van der Waals surface area (Å²) >= 11 is 0.